The molecule has 0 fully saturated rings. The Morgan fingerprint density at radius 1 is 1.17 bits per heavy atom. The highest BCUT2D eigenvalue weighted by atomic mass is 79.9. The topological polar surface area (TPSA) is 64.6 Å². The van der Waals surface area contributed by atoms with E-state index in [-0.39, 0.29) is 18.6 Å². The first kappa shape index (κ1) is 18.0. The number of benzene rings is 2. The molecule has 0 aliphatic rings. The van der Waals surface area contributed by atoms with Crippen molar-refractivity contribution in [2.45, 2.75) is 13.0 Å². The molecule has 0 unspecified atom stereocenters. The first-order valence-corrected chi connectivity index (χ1v) is 8.15. The van der Waals surface area contributed by atoms with Crippen LogP contribution in [-0.4, -0.2) is 25.6 Å². The van der Waals surface area contributed by atoms with Crippen LogP contribution in [0.25, 0.3) is 0 Å². The van der Waals surface area contributed by atoms with Crippen molar-refractivity contribution in [1.82, 2.24) is 5.32 Å². The van der Waals surface area contributed by atoms with Gasteiger partial charge in [0.25, 0.3) is 5.91 Å². The van der Waals surface area contributed by atoms with Gasteiger partial charge in [0.1, 0.15) is 5.75 Å². The van der Waals surface area contributed by atoms with Crippen molar-refractivity contribution in [3.63, 3.8) is 0 Å². The molecule has 126 valence electrons. The lowest BCUT2D eigenvalue weighted by Crippen LogP contribution is -2.31. The van der Waals surface area contributed by atoms with Crippen molar-refractivity contribution in [3.8, 4) is 5.75 Å². The number of carbonyl (C=O) groups excluding carboxylic acids is 2. The monoisotopic (exact) mass is 391 g/mol. The lowest BCUT2D eigenvalue weighted by atomic mass is 10.1. The minimum absolute atomic E-state index is 0.129. The smallest absolute Gasteiger partial charge is 0.337 e. The van der Waals surface area contributed by atoms with E-state index in [1.165, 1.54) is 13.2 Å². The molecule has 0 spiro atoms. The molecule has 2 aromatic carbocycles. The molecule has 24 heavy (non-hydrogen) atoms. The zero-order chi connectivity index (χ0) is 17.5. The van der Waals surface area contributed by atoms with Gasteiger partial charge in [0.05, 0.1) is 18.7 Å². The molecule has 1 N–H and O–H groups in total. The number of amides is 1. The summed E-state index contributed by atoms with van der Waals surface area (Å²) in [6, 6.07) is 14.1. The van der Waals surface area contributed by atoms with Crippen LogP contribution in [0.5, 0.6) is 5.75 Å². The molecule has 0 aromatic heterocycles. The number of rotatable bonds is 6. The molecule has 0 saturated heterocycles. The first-order valence-electron chi connectivity index (χ1n) is 7.35. The summed E-state index contributed by atoms with van der Waals surface area (Å²) in [6.07, 6.45) is 0. The lowest BCUT2D eigenvalue weighted by molar-refractivity contribution is -0.123. The van der Waals surface area contributed by atoms with E-state index in [0.717, 1.165) is 10.0 Å². The summed E-state index contributed by atoms with van der Waals surface area (Å²) in [5.74, 6) is -0.257. The maximum absolute atomic E-state index is 12.0. The Morgan fingerprint density at radius 3 is 2.54 bits per heavy atom. The fourth-order valence-electron chi connectivity index (χ4n) is 2.10. The van der Waals surface area contributed by atoms with Crippen LogP contribution in [0, 0.1) is 0 Å². The van der Waals surface area contributed by atoms with E-state index in [2.05, 4.69) is 26.0 Å². The molecule has 2 rings (SSSR count). The fraction of sp³-hybridized carbons (Fsp3) is 0.222. The molecule has 6 heteroatoms. The first-order chi connectivity index (χ1) is 11.5. The molecule has 0 aliphatic carbocycles. The van der Waals surface area contributed by atoms with E-state index in [0.29, 0.717) is 11.3 Å². The number of hydrogen-bond donors (Lipinski definition) is 1. The third-order valence-electron chi connectivity index (χ3n) is 3.37. The molecule has 0 aliphatic heterocycles. The van der Waals surface area contributed by atoms with Gasteiger partial charge in [-0.3, -0.25) is 4.79 Å². The maximum Gasteiger partial charge on any atom is 0.337 e. The Morgan fingerprint density at radius 2 is 1.88 bits per heavy atom. The zero-order valence-electron chi connectivity index (χ0n) is 13.4. The van der Waals surface area contributed by atoms with E-state index in [1.807, 2.05) is 31.2 Å². The third-order valence-corrected chi connectivity index (χ3v) is 3.90. The molecule has 0 saturated carbocycles. The average molecular weight is 392 g/mol. The standard InChI is InChI=1S/C18H18BrNO4/c1-12(13-6-8-15(19)9-7-13)20-17(21)11-24-16-5-3-4-14(10-16)18(22)23-2/h3-10,12H,11H2,1-2H3,(H,20,21)/t12-/m1/s1. The summed E-state index contributed by atoms with van der Waals surface area (Å²) in [7, 11) is 1.31. The van der Waals surface area contributed by atoms with E-state index in [1.54, 1.807) is 18.2 Å². The summed E-state index contributed by atoms with van der Waals surface area (Å²) in [5, 5.41) is 2.86. The van der Waals surface area contributed by atoms with Crippen molar-refractivity contribution in [3.05, 3.63) is 64.1 Å². The molecule has 5 nitrogen and oxygen atoms in total. The average Bonchev–Trinajstić information content (AvgIpc) is 2.60. The summed E-state index contributed by atoms with van der Waals surface area (Å²) >= 11 is 3.38. The second kappa shape index (κ2) is 8.49. The second-order valence-electron chi connectivity index (χ2n) is 5.15. The highest BCUT2D eigenvalue weighted by Crippen LogP contribution is 2.17. The predicted molar refractivity (Wildman–Crippen MR) is 94.0 cm³/mol. The van der Waals surface area contributed by atoms with Gasteiger partial charge in [-0.2, -0.15) is 0 Å². The van der Waals surface area contributed by atoms with E-state index >= 15 is 0 Å². The van der Waals surface area contributed by atoms with E-state index in [9.17, 15) is 9.59 Å². The number of halogens is 1. The molecule has 0 heterocycles. The summed E-state index contributed by atoms with van der Waals surface area (Å²) < 4.78 is 11.1. The van der Waals surface area contributed by atoms with Crippen LogP contribution in [-0.2, 0) is 9.53 Å². The quantitative estimate of drug-likeness (QED) is 0.765. The molecular formula is C18H18BrNO4. The van der Waals surface area contributed by atoms with Crippen LogP contribution in [0.3, 0.4) is 0 Å². The van der Waals surface area contributed by atoms with Gasteiger partial charge in [-0.25, -0.2) is 4.79 Å². The van der Waals surface area contributed by atoms with Gasteiger partial charge in [0.15, 0.2) is 6.61 Å². The van der Waals surface area contributed by atoms with Gasteiger partial charge < -0.3 is 14.8 Å². The minimum atomic E-state index is -0.450. The Balaban J connectivity index is 1.89. The van der Waals surface area contributed by atoms with Crippen LogP contribution < -0.4 is 10.1 Å². The van der Waals surface area contributed by atoms with Gasteiger partial charge in [0.2, 0.25) is 0 Å². The van der Waals surface area contributed by atoms with Crippen molar-refractivity contribution in [2.75, 3.05) is 13.7 Å². The number of carbonyl (C=O) groups is 2. The molecule has 0 radical (unpaired) electrons. The van der Waals surface area contributed by atoms with Crippen LogP contribution in [0.15, 0.2) is 53.0 Å². The van der Waals surface area contributed by atoms with Crippen molar-refractivity contribution in [1.29, 1.82) is 0 Å². The van der Waals surface area contributed by atoms with Crippen LogP contribution in [0.1, 0.15) is 28.9 Å². The van der Waals surface area contributed by atoms with Crippen molar-refractivity contribution >= 4 is 27.8 Å². The molecule has 1 atom stereocenters. The van der Waals surface area contributed by atoms with Crippen LogP contribution in [0.2, 0.25) is 0 Å². The van der Waals surface area contributed by atoms with Gasteiger partial charge in [-0.1, -0.05) is 34.1 Å². The highest BCUT2D eigenvalue weighted by molar-refractivity contribution is 9.10. The van der Waals surface area contributed by atoms with Crippen LogP contribution >= 0.6 is 15.9 Å². The summed E-state index contributed by atoms with van der Waals surface area (Å²) in [5.41, 5.74) is 1.37. The minimum Gasteiger partial charge on any atom is -0.484 e. The zero-order valence-corrected chi connectivity index (χ0v) is 15.0. The number of esters is 1. The lowest BCUT2D eigenvalue weighted by Gasteiger charge is -2.15. The molecule has 1 amide bonds. The number of hydrogen-bond acceptors (Lipinski definition) is 4. The molecule has 2 aromatic rings. The second-order valence-corrected chi connectivity index (χ2v) is 6.06. The fourth-order valence-corrected chi connectivity index (χ4v) is 2.36. The Bertz CT molecular complexity index is 715. The van der Waals surface area contributed by atoms with Gasteiger partial charge >= 0.3 is 5.97 Å². The Labute approximate surface area is 149 Å². The largest absolute Gasteiger partial charge is 0.484 e. The van der Waals surface area contributed by atoms with Crippen molar-refractivity contribution < 1.29 is 19.1 Å². The maximum atomic E-state index is 12.0. The third kappa shape index (κ3) is 5.09. The predicted octanol–water partition coefficient (Wildman–Crippen LogP) is 3.49. The van der Waals surface area contributed by atoms with Gasteiger partial charge in [0, 0.05) is 4.47 Å². The number of nitrogens with one attached hydrogen (secondary N) is 1. The van der Waals surface area contributed by atoms with Gasteiger partial charge in [-0.05, 0) is 42.8 Å². The van der Waals surface area contributed by atoms with Crippen LogP contribution in [0.4, 0.5) is 0 Å². The molecular weight excluding hydrogens is 374 g/mol. The van der Waals surface area contributed by atoms with E-state index < -0.39 is 5.97 Å². The summed E-state index contributed by atoms with van der Waals surface area (Å²) in [4.78, 5) is 23.5. The van der Waals surface area contributed by atoms with Crippen molar-refractivity contribution in [2.24, 2.45) is 0 Å². The SMILES string of the molecule is COC(=O)c1cccc(OCC(=O)N[C@H](C)c2ccc(Br)cc2)c1. The van der Waals surface area contributed by atoms with Gasteiger partial charge in [-0.15, -0.1) is 0 Å². The van der Waals surface area contributed by atoms with E-state index in [4.69, 9.17) is 4.74 Å². The summed E-state index contributed by atoms with van der Waals surface area (Å²) in [6.45, 7) is 1.77. The highest BCUT2D eigenvalue weighted by Gasteiger charge is 2.11. The number of methoxy groups -OCH3 is 1. The number of ether oxygens (including phenoxy) is 2. The Kier molecular flexibility index (Phi) is 6.37. The normalized spacial score (nSPS) is 11.5. The molecule has 0 bridgehead atoms. The Hall–Kier alpha value is -2.34.